The number of carboxylic acids is 1. The first-order valence-corrected chi connectivity index (χ1v) is 8.64. The molecule has 0 rings (SSSR count). The van der Waals surface area contributed by atoms with E-state index in [0.717, 1.165) is 0 Å². The van der Waals surface area contributed by atoms with Crippen LogP contribution in [0.3, 0.4) is 0 Å². The van der Waals surface area contributed by atoms with E-state index in [1.807, 2.05) is 0 Å². The lowest BCUT2D eigenvalue weighted by Crippen LogP contribution is -2.59. The smallest absolute Gasteiger partial charge is 0.328 e. The van der Waals surface area contributed by atoms with Gasteiger partial charge in [0.15, 0.2) is 6.04 Å². The lowest BCUT2D eigenvalue weighted by Gasteiger charge is -2.27. The molecule has 156 valence electrons. The van der Waals surface area contributed by atoms with Crippen molar-refractivity contribution in [3.63, 3.8) is 0 Å². The number of hydrogen-bond acceptors (Lipinski definition) is 7. The number of rotatable bonds is 11. The zero-order valence-corrected chi connectivity index (χ0v) is 15.9. The zero-order valence-electron chi connectivity index (χ0n) is 15.9. The highest BCUT2D eigenvalue weighted by atomic mass is 16.4. The van der Waals surface area contributed by atoms with Crippen molar-refractivity contribution < 1.29 is 34.5 Å². The van der Waals surface area contributed by atoms with Gasteiger partial charge in [-0.05, 0) is 19.8 Å². The molecule has 0 saturated heterocycles. The fourth-order valence-corrected chi connectivity index (χ4v) is 2.08. The predicted octanol–water partition coefficient (Wildman–Crippen LogP) is -2.71. The van der Waals surface area contributed by atoms with Gasteiger partial charge in [0.2, 0.25) is 17.7 Å². The molecule has 0 spiro atoms. The van der Waals surface area contributed by atoms with Crippen molar-refractivity contribution in [1.29, 1.82) is 0 Å². The largest absolute Gasteiger partial charge is 0.480 e. The van der Waals surface area contributed by atoms with Crippen molar-refractivity contribution in [1.82, 2.24) is 16.0 Å². The Morgan fingerprint density at radius 3 is 1.85 bits per heavy atom. The molecule has 6 atom stereocenters. The maximum atomic E-state index is 12.5. The number of aliphatic hydroxyl groups excluding tert-OH is 2. The maximum absolute atomic E-state index is 12.5. The van der Waals surface area contributed by atoms with Crippen molar-refractivity contribution in [2.24, 2.45) is 11.7 Å². The van der Waals surface area contributed by atoms with E-state index < -0.39 is 60.6 Å². The third-order valence-electron chi connectivity index (χ3n) is 4.12. The number of carbonyl (C=O) groups is 4. The van der Waals surface area contributed by atoms with Gasteiger partial charge < -0.3 is 37.0 Å². The molecule has 0 aromatic rings. The Morgan fingerprint density at radius 2 is 1.44 bits per heavy atom. The predicted molar refractivity (Wildman–Crippen MR) is 95.3 cm³/mol. The Hall–Kier alpha value is -2.24. The SMILES string of the molecule is CCC(C)C(NC(=O)C(C)NC(=O)C(N)CO)C(=O)NC(C(=O)O)C(C)O. The van der Waals surface area contributed by atoms with Gasteiger partial charge in [0.05, 0.1) is 12.7 Å². The van der Waals surface area contributed by atoms with Gasteiger partial charge in [-0.2, -0.15) is 0 Å². The summed E-state index contributed by atoms with van der Waals surface area (Å²) in [6.07, 6.45) is -0.834. The van der Waals surface area contributed by atoms with Crippen LogP contribution in [0.15, 0.2) is 0 Å². The summed E-state index contributed by atoms with van der Waals surface area (Å²) in [6.45, 7) is 5.48. The molecule has 0 aromatic carbocycles. The highest BCUT2D eigenvalue weighted by Crippen LogP contribution is 2.09. The second-order valence-corrected chi connectivity index (χ2v) is 6.46. The van der Waals surface area contributed by atoms with Crippen LogP contribution in [0.5, 0.6) is 0 Å². The van der Waals surface area contributed by atoms with E-state index in [4.69, 9.17) is 15.9 Å². The van der Waals surface area contributed by atoms with E-state index >= 15 is 0 Å². The molecule has 6 unspecified atom stereocenters. The van der Waals surface area contributed by atoms with Crippen molar-refractivity contribution in [2.75, 3.05) is 6.61 Å². The summed E-state index contributed by atoms with van der Waals surface area (Å²) in [5.74, 6) is -3.94. The minimum atomic E-state index is -1.53. The first-order valence-electron chi connectivity index (χ1n) is 8.64. The highest BCUT2D eigenvalue weighted by Gasteiger charge is 2.33. The van der Waals surface area contributed by atoms with Crippen LogP contribution in [-0.4, -0.2) is 75.9 Å². The fourth-order valence-electron chi connectivity index (χ4n) is 2.08. The molecular formula is C16H30N4O7. The molecule has 8 N–H and O–H groups in total. The monoisotopic (exact) mass is 390 g/mol. The molecule has 3 amide bonds. The summed E-state index contributed by atoms with van der Waals surface area (Å²) in [6, 6.07) is -4.83. The van der Waals surface area contributed by atoms with E-state index in [2.05, 4.69) is 16.0 Å². The van der Waals surface area contributed by atoms with Crippen molar-refractivity contribution >= 4 is 23.7 Å². The van der Waals surface area contributed by atoms with Crippen LogP contribution in [0.4, 0.5) is 0 Å². The number of nitrogens with one attached hydrogen (secondary N) is 3. The third kappa shape index (κ3) is 7.89. The Kier molecular flexibility index (Phi) is 10.5. The molecule has 0 saturated carbocycles. The third-order valence-corrected chi connectivity index (χ3v) is 4.12. The van der Waals surface area contributed by atoms with Gasteiger partial charge in [0.25, 0.3) is 0 Å². The maximum Gasteiger partial charge on any atom is 0.328 e. The average molecular weight is 390 g/mol. The van der Waals surface area contributed by atoms with Gasteiger partial charge in [-0.25, -0.2) is 4.79 Å². The Balaban J connectivity index is 5.15. The second kappa shape index (κ2) is 11.5. The number of carbonyl (C=O) groups excluding carboxylic acids is 3. The number of aliphatic hydroxyl groups is 2. The molecule has 0 heterocycles. The van der Waals surface area contributed by atoms with Crippen LogP contribution in [0.2, 0.25) is 0 Å². The Morgan fingerprint density at radius 1 is 0.926 bits per heavy atom. The topological polar surface area (TPSA) is 191 Å². The summed E-state index contributed by atoms with van der Waals surface area (Å²) in [5.41, 5.74) is 5.36. The van der Waals surface area contributed by atoms with E-state index in [9.17, 15) is 24.3 Å². The molecule has 0 fully saturated rings. The molecule has 27 heavy (non-hydrogen) atoms. The fraction of sp³-hybridized carbons (Fsp3) is 0.750. The van der Waals surface area contributed by atoms with E-state index in [1.165, 1.54) is 13.8 Å². The first kappa shape index (κ1) is 24.8. The Bertz CT molecular complexity index is 541. The number of carboxylic acid groups (broad SMARTS) is 1. The zero-order chi connectivity index (χ0) is 21.3. The Labute approximate surface area is 157 Å². The van der Waals surface area contributed by atoms with E-state index in [-0.39, 0.29) is 5.92 Å². The van der Waals surface area contributed by atoms with Gasteiger partial charge in [-0.3, -0.25) is 14.4 Å². The lowest BCUT2D eigenvalue weighted by atomic mass is 9.97. The summed E-state index contributed by atoms with van der Waals surface area (Å²) in [4.78, 5) is 47.5. The quantitative estimate of drug-likeness (QED) is 0.198. The molecule has 0 aliphatic rings. The van der Waals surface area contributed by atoms with Gasteiger partial charge in [-0.15, -0.1) is 0 Å². The van der Waals surface area contributed by atoms with Crippen LogP contribution < -0.4 is 21.7 Å². The highest BCUT2D eigenvalue weighted by molar-refractivity contribution is 5.94. The molecule has 0 radical (unpaired) electrons. The van der Waals surface area contributed by atoms with Crippen molar-refractivity contribution in [3.05, 3.63) is 0 Å². The lowest BCUT2D eigenvalue weighted by molar-refractivity contribution is -0.145. The van der Waals surface area contributed by atoms with Gasteiger partial charge >= 0.3 is 5.97 Å². The van der Waals surface area contributed by atoms with Crippen molar-refractivity contribution in [3.8, 4) is 0 Å². The van der Waals surface area contributed by atoms with Crippen LogP contribution in [-0.2, 0) is 19.2 Å². The molecule has 0 aromatic heterocycles. The molecule has 11 nitrogen and oxygen atoms in total. The molecule has 11 heteroatoms. The minimum absolute atomic E-state index is 0.347. The van der Waals surface area contributed by atoms with E-state index in [1.54, 1.807) is 13.8 Å². The number of amides is 3. The van der Waals surface area contributed by atoms with Crippen LogP contribution in [0.1, 0.15) is 34.1 Å². The van der Waals surface area contributed by atoms with Crippen LogP contribution in [0, 0.1) is 5.92 Å². The van der Waals surface area contributed by atoms with Crippen LogP contribution >= 0.6 is 0 Å². The minimum Gasteiger partial charge on any atom is -0.480 e. The first-order chi connectivity index (χ1) is 12.5. The van der Waals surface area contributed by atoms with Crippen molar-refractivity contribution in [2.45, 2.75) is 64.4 Å². The summed E-state index contributed by atoms with van der Waals surface area (Å²) in [7, 11) is 0. The van der Waals surface area contributed by atoms with Gasteiger partial charge in [0.1, 0.15) is 18.1 Å². The normalized spacial score (nSPS) is 17.6. The summed E-state index contributed by atoms with van der Waals surface area (Å²) in [5, 5.41) is 34.4. The number of aliphatic carboxylic acids is 1. The molecular weight excluding hydrogens is 360 g/mol. The number of nitrogens with two attached hydrogens (primary N) is 1. The van der Waals surface area contributed by atoms with Gasteiger partial charge in [0, 0.05) is 0 Å². The second-order valence-electron chi connectivity index (χ2n) is 6.46. The molecule has 0 bridgehead atoms. The van der Waals surface area contributed by atoms with E-state index in [0.29, 0.717) is 6.42 Å². The molecule has 0 aliphatic heterocycles. The molecule has 0 aliphatic carbocycles. The van der Waals surface area contributed by atoms with Crippen LogP contribution in [0.25, 0.3) is 0 Å². The standard InChI is InChI=1S/C16H30N4O7/c1-5-7(2)11(15(25)20-12(9(4)22)16(26)27)19-13(23)8(3)18-14(24)10(17)6-21/h7-12,21-22H,5-6,17H2,1-4H3,(H,18,24)(H,19,23)(H,20,25)(H,26,27). The number of hydrogen-bond donors (Lipinski definition) is 7. The summed E-state index contributed by atoms with van der Waals surface area (Å²) < 4.78 is 0. The van der Waals surface area contributed by atoms with Gasteiger partial charge in [-0.1, -0.05) is 20.3 Å². The summed E-state index contributed by atoms with van der Waals surface area (Å²) >= 11 is 0. The average Bonchev–Trinajstić information content (AvgIpc) is 2.61.